The number of rotatable bonds is 6. The molecule has 0 aliphatic heterocycles. The highest BCUT2D eigenvalue weighted by Gasteiger charge is 2.08. The maximum Gasteiger partial charge on any atom is 0.263 e. The van der Waals surface area contributed by atoms with Gasteiger partial charge in [-0.2, -0.15) is 5.10 Å². The molecule has 0 saturated heterocycles. The molecular formula is C12H12Br2N6O. The topological polar surface area (TPSA) is 90.3 Å². The molecule has 0 saturated carbocycles. The van der Waals surface area contributed by atoms with Crippen LogP contribution in [-0.4, -0.2) is 27.7 Å². The second-order valence-corrected chi connectivity index (χ2v) is 5.61. The first-order valence-corrected chi connectivity index (χ1v) is 7.37. The van der Waals surface area contributed by atoms with E-state index in [0.29, 0.717) is 18.3 Å². The number of benzene rings is 1. The van der Waals surface area contributed by atoms with E-state index >= 15 is 0 Å². The van der Waals surface area contributed by atoms with Gasteiger partial charge in [0.05, 0.1) is 10.7 Å². The SMILES string of the molecule is C=CCOc1c(Br)cc(Br)cc1/C=N/Nc1nncn1N. The van der Waals surface area contributed by atoms with Gasteiger partial charge < -0.3 is 10.6 Å². The molecule has 1 aromatic heterocycles. The number of ether oxygens (including phenoxy) is 1. The first-order chi connectivity index (χ1) is 10.1. The van der Waals surface area contributed by atoms with E-state index in [-0.39, 0.29) is 0 Å². The summed E-state index contributed by atoms with van der Waals surface area (Å²) in [5.74, 6) is 6.56. The average molecular weight is 416 g/mol. The van der Waals surface area contributed by atoms with Gasteiger partial charge in [-0.3, -0.25) is 0 Å². The fourth-order valence-electron chi connectivity index (χ4n) is 1.45. The number of nitrogen functional groups attached to an aromatic ring is 1. The third kappa shape index (κ3) is 4.05. The van der Waals surface area contributed by atoms with Gasteiger partial charge in [-0.1, -0.05) is 28.6 Å². The number of hydrogen-bond acceptors (Lipinski definition) is 6. The minimum Gasteiger partial charge on any atom is -0.488 e. The van der Waals surface area contributed by atoms with E-state index < -0.39 is 0 Å². The van der Waals surface area contributed by atoms with Crippen molar-refractivity contribution in [2.75, 3.05) is 17.9 Å². The summed E-state index contributed by atoms with van der Waals surface area (Å²) < 4.78 is 8.55. The van der Waals surface area contributed by atoms with Crippen molar-refractivity contribution in [3.8, 4) is 5.75 Å². The zero-order valence-corrected chi connectivity index (χ0v) is 14.0. The van der Waals surface area contributed by atoms with Gasteiger partial charge in [-0.05, 0) is 28.1 Å². The summed E-state index contributed by atoms with van der Waals surface area (Å²) in [5, 5.41) is 11.5. The molecule has 110 valence electrons. The first kappa shape index (κ1) is 15.5. The summed E-state index contributed by atoms with van der Waals surface area (Å²) in [6.45, 7) is 4.03. The van der Waals surface area contributed by atoms with Crippen molar-refractivity contribution in [3.05, 3.63) is 45.6 Å². The Bertz CT molecular complexity index is 670. The van der Waals surface area contributed by atoms with Crippen molar-refractivity contribution in [1.82, 2.24) is 14.9 Å². The minimum atomic E-state index is 0.328. The standard InChI is InChI=1S/C12H12Br2N6O/c1-2-3-21-11-8(4-9(13)5-10(11)14)6-16-18-12-19-17-7-20(12)15/h2,4-7H,1,3,15H2,(H,18,19)/b16-6+. The van der Waals surface area contributed by atoms with Gasteiger partial charge in [-0.25, -0.2) is 10.1 Å². The second-order valence-electron chi connectivity index (χ2n) is 3.84. The van der Waals surface area contributed by atoms with E-state index in [2.05, 4.69) is 59.2 Å². The lowest BCUT2D eigenvalue weighted by Crippen LogP contribution is -2.10. The largest absolute Gasteiger partial charge is 0.488 e. The zero-order chi connectivity index (χ0) is 15.2. The Morgan fingerprint density at radius 1 is 1.48 bits per heavy atom. The fourth-order valence-corrected chi connectivity index (χ4v) is 2.83. The quantitative estimate of drug-likeness (QED) is 0.327. The summed E-state index contributed by atoms with van der Waals surface area (Å²) >= 11 is 6.88. The van der Waals surface area contributed by atoms with Crippen LogP contribution in [0.5, 0.6) is 5.75 Å². The van der Waals surface area contributed by atoms with Crippen LogP contribution in [0.15, 0.2) is 45.2 Å². The third-order valence-corrected chi connectivity index (χ3v) is 3.37. The smallest absolute Gasteiger partial charge is 0.263 e. The zero-order valence-electron chi connectivity index (χ0n) is 10.8. The Labute approximate surface area is 138 Å². The van der Waals surface area contributed by atoms with Crippen molar-refractivity contribution in [3.63, 3.8) is 0 Å². The predicted octanol–water partition coefficient (Wildman–Crippen LogP) is 2.53. The van der Waals surface area contributed by atoms with E-state index in [9.17, 15) is 0 Å². The van der Waals surface area contributed by atoms with E-state index in [1.165, 1.54) is 11.0 Å². The van der Waals surface area contributed by atoms with Crippen LogP contribution < -0.4 is 16.0 Å². The molecule has 0 atom stereocenters. The number of hydrogen-bond donors (Lipinski definition) is 2. The number of nitrogens with two attached hydrogens (primary N) is 1. The molecule has 0 aliphatic carbocycles. The first-order valence-electron chi connectivity index (χ1n) is 5.78. The number of anilines is 1. The maximum absolute atomic E-state index is 5.62. The number of hydrazone groups is 1. The summed E-state index contributed by atoms with van der Waals surface area (Å²) in [5.41, 5.74) is 3.46. The molecule has 0 unspecified atom stereocenters. The average Bonchev–Trinajstić information content (AvgIpc) is 2.83. The normalized spacial score (nSPS) is 10.8. The molecular weight excluding hydrogens is 404 g/mol. The minimum absolute atomic E-state index is 0.328. The van der Waals surface area contributed by atoms with Gasteiger partial charge in [0.25, 0.3) is 5.95 Å². The van der Waals surface area contributed by atoms with Gasteiger partial charge in [0.2, 0.25) is 0 Å². The Morgan fingerprint density at radius 2 is 2.29 bits per heavy atom. The van der Waals surface area contributed by atoms with E-state index in [1.807, 2.05) is 12.1 Å². The maximum atomic E-state index is 5.62. The highest BCUT2D eigenvalue weighted by atomic mass is 79.9. The molecule has 21 heavy (non-hydrogen) atoms. The molecule has 0 aliphatic rings. The highest BCUT2D eigenvalue weighted by molar-refractivity contribution is 9.11. The highest BCUT2D eigenvalue weighted by Crippen LogP contribution is 2.32. The molecule has 1 aromatic carbocycles. The Hall–Kier alpha value is -1.87. The lowest BCUT2D eigenvalue weighted by atomic mass is 10.2. The van der Waals surface area contributed by atoms with Gasteiger partial charge in [0.15, 0.2) is 0 Å². The van der Waals surface area contributed by atoms with Crippen LogP contribution in [0.25, 0.3) is 0 Å². The van der Waals surface area contributed by atoms with E-state index in [4.69, 9.17) is 10.6 Å². The molecule has 0 radical (unpaired) electrons. The molecule has 2 aromatic rings. The molecule has 0 spiro atoms. The van der Waals surface area contributed by atoms with Crippen LogP contribution >= 0.6 is 31.9 Å². The molecule has 2 rings (SSSR count). The lowest BCUT2D eigenvalue weighted by Gasteiger charge is -2.10. The van der Waals surface area contributed by atoms with Crippen LogP contribution in [0, 0.1) is 0 Å². The Kier molecular flexibility index (Phi) is 5.34. The van der Waals surface area contributed by atoms with Crippen molar-refractivity contribution in [2.24, 2.45) is 5.10 Å². The molecule has 1 heterocycles. The monoisotopic (exact) mass is 414 g/mol. The molecule has 0 fully saturated rings. The van der Waals surface area contributed by atoms with Crippen LogP contribution in [-0.2, 0) is 0 Å². The Balaban J connectivity index is 2.21. The predicted molar refractivity (Wildman–Crippen MR) is 88.9 cm³/mol. The lowest BCUT2D eigenvalue weighted by molar-refractivity contribution is 0.360. The van der Waals surface area contributed by atoms with Crippen LogP contribution in [0.1, 0.15) is 5.56 Å². The van der Waals surface area contributed by atoms with Crippen molar-refractivity contribution < 1.29 is 4.74 Å². The van der Waals surface area contributed by atoms with Crippen molar-refractivity contribution in [1.29, 1.82) is 0 Å². The van der Waals surface area contributed by atoms with Gasteiger partial charge in [-0.15, -0.1) is 10.2 Å². The molecule has 0 bridgehead atoms. The van der Waals surface area contributed by atoms with Crippen molar-refractivity contribution >= 4 is 44.0 Å². The summed E-state index contributed by atoms with van der Waals surface area (Å²) in [4.78, 5) is 0. The van der Waals surface area contributed by atoms with Gasteiger partial charge >= 0.3 is 0 Å². The molecule has 9 heteroatoms. The van der Waals surface area contributed by atoms with Crippen LogP contribution in [0.4, 0.5) is 5.95 Å². The summed E-state index contributed by atoms with van der Waals surface area (Å²) in [6.07, 6.45) is 4.64. The number of halogens is 2. The molecule has 7 nitrogen and oxygen atoms in total. The number of nitrogens with one attached hydrogen (secondary N) is 1. The Morgan fingerprint density at radius 3 is 2.95 bits per heavy atom. The molecule has 3 N–H and O–H groups in total. The van der Waals surface area contributed by atoms with Gasteiger partial charge in [0.1, 0.15) is 18.7 Å². The van der Waals surface area contributed by atoms with Gasteiger partial charge in [0, 0.05) is 10.0 Å². The second kappa shape index (κ2) is 7.23. The summed E-state index contributed by atoms with van der Waals surface area (Å²) in [6, 6.07) is 3.77. The van der Waals surface area contributed by atoms with E-state index in [0.717, 1.165) is 14.5 Å². The fraction of sp³-hybridized carbons (Fsp3) is 0.0833. The van der Waals surface area contributed by atoms with E-state index in [1.54, 1.807) is 12.3 Å². The molecule has 0 amide bonds. The van der Waals surface area contributed by atoms with Crippen molar-refractivity contribution in [2.45, 2.75) is 0 Å². The third-order valence-electron chi connectivity index (χ3n) is 2.32. The van der Waals surface area contributed by atoms with Crippen LogP contribution in [0.2, 0.25) is 0 Å². The number of nitrogens with zero attached hydrogens (tertiary/aromatic N) is 4. The van der Waals surface area contributed by atoms with Crippen LogP contribution in [0.3, 0.4) is 0 Å². The summed E-state index contributed by atoms with van der Waals surface area (Å²) in [7, 11) is 0. The number of aromatic nitrogens is 3.